The summed E-state index contributed by atoms with van der Waals surface area (Å²) >= 11 is 0. The summed E-state index contributed by atoms with van der Waals surface area (Å²) in [6.07, 6.45) is 0.479. The largest absolute Gasteiger partial charge is 0.472 e. The second-order valence-electron chi connectivity index (χ2n) is 14.1. The number of hydrogen-bond acceptors (Lipinski definition) is 13. The zero-order valence-electron chi connectivity index (χ0n) is 24.7. The normalized spacial score (nSPS) is 48.7. The smallest absolute Gasteiger partial charge is 0.339 e. The highest BCUT2D eigenvalue weighted by molar-refractivity contribution is 5.74. The van der Waals surface area contributed by atoms with E-state index in [1.54, 1.807) is 26.8 Å². The van der Waals surface area contributed by atoms with Crippen LogP contribution in [-0.2, 0) is 47.9 Å². The van der Waals surface area contributed by atoms with E-state index in [9.17, 15) is 29.4 Å². The van der Waals surface area contributed by atoms with Crippen molar-refractivity contribution in [2.45, 2.75) is 102 Å². The van der Waals surface area contributed by atoms with E-state index in [1.165, 1.54) is 19.5 Å². The molecule has 2 saturated carbocycles. The number of ether oxygens (including phenoxy) is 4. The number of aliphatic hydroxyl groups is 2. The molecule has 1 unspecified atom stereocenters. The number of carbonyl (C=O) groups excluding carboxylic acids is 4. The molecule has 5 heterocycles. The molecular weight excluding hydrogens is 568 g/mol. The lowest BCUT2D eigenvalue weighted by molar-refractivity contribution is -0.461. The maximum absolute atomic E-state index is 13.3. The van der Waals surface area contributed by atoms with Crippen LogP contribution < -0.4 is 0 Å². The molecular formula is C30H36O13. The highest BCUT2D eigenvalue weighted by Gasteiger charge is 2.97. The van der Waals surface area contributed by atoms with Crippen LogP contribution in [0.3, 0.4) is 0 Å². The van der Waals surface area contributed by atoms with Crippen molar-refractivity contribution in [1.82, 2.24) is 0 Å². The predicted molar refractivity (Wildman–Crippen MR) is 138 cm³/mol. The fourth-order valence-corrected chi connectivity index (χ4v) is 10.5. The van der Waals surface area contributed by atoms with Crippen molar-refractivity contribution in [3.63, 3.8) is 0 Å². The van der Waals surface area contributed by atoms with Gasteiger partial charge >= 0.3 is 23.9 Å². The molecule has 4 saturated heterocycles. The Labute approximate surface area is 247 Å². The molecule has 1 aromatic rings. The molecule has 6 aliphatic rings. The lowest BCUT2D eigenvalue weighted by atomic mass is 9.34. The fraction of sp³-hybridized carbons (Fsp3) is 0.733. The molecule has 13 heteroatoms. The van der Waals surface area contributed by atoms with Crippen LogP contribution >= 0.6 is 0 Å². The van der Waals surface area contributed by atoms with Gasteiger partial charge in [-0.15, -0.1) is 0 Å². The Bertz CT molecular complexity index is 1420. The molecule has 2 aliphatic carbocycles. The number of cyclic esters (lactones) is 2. The van der Waals surface area contributed by atoms with Crippen LogP contribution in [0, 0.1) is 28.1 Å². The Morgan fingerprint density at radius 3 is 2.44 bits per heavy atom. The fourth-order valence-electron chi connectivity index (χ4n) is 10.5. The van der Waals surface area contributed by atoms with Crippen molar-refractivity contribution in [2.75, 3.05) is 6.61 Å². The molecule has 4 aliphatic heterocycles. The number of furan rings is 1. The quantitative estimate of drug-likeness (QED) is 0.221. The Morgan fingerprint density at radius 1 is 1.05 bits per heavy atom. The van der Waals surface area contributed by atoms with E-state index in [2.05, 4.69) is 0 Å². The zero-order valence-corrected chi connectivity index (χ0v) is 24.7. The molecule has 6 fully saturated rings. The summed E-state index contributed by atoms with van der Waals surface area (Å²) < 4.78 is 29.5. The van der Waals surface area contributed by atoms with Gasteiger partial charge in [0.1, 0.15) is 30.0 Å². The first-order valence-corrected chi connectivity index (χ1v) is 14.6. The Hall–Kier alpha value is -3.00. The van der Waals surface area contributed by atoms with Crippen molar-refractivity contribution in [1.29, 1.82) is 0 Å². The summed E-state index contributed by atoms with van der Waals surface area (Å²) in [5, 5.41) is 26.1. The summed E-state index contributed by atoms with van der Waals surface area (Å²) in [4.78, 5) is 62.0. The van der Waals surface area contributed by atoms with E-state index < -0.39 is 93.2 Å². The topological polar surface area (TPSA) is 177 Å². The van der Waals surface area contributed by atoms with Gasteiger partial charge in [0, 0.05) is 49.0 Å². The number of carbonyl (C=O) groups is 4. The molecule has 13 nitrogen and oxygen atoms in total. The van der Waals surface area contributed by atoms with Crippen molar-refractivity contribution < 1.29 is 62.5 Å². The Morgan fingerprint density at radius 2 is 1.79 bits per heavy atom. The summed E-state index contributed by atoms with van der Waals surface area (Å²) in [6.45, 7) is 7.43. The van der Waals surface area contributed by atoms with Crippen molar-refractivity contribution in [3.8, 4) is 0 Å². The van der Waals surface area contributed by atoms with Crippen LogP contribution in [0.4, 0.5) is 0 Å². The molecule has 234 valence electrons. The minimum absolute atomic E-state index is 0.137. The summed E-state index contributed by atoms with van der Waals surface area (Å²) in [5.41, 5.74) is -8.83. The first-order valence-electron chi connectivity index (χ1n) is 14.6. The molecule has 0 amide bonds. The predicted octanol–water partition coefficient (Wildman–Crippen LogP) is 2.03. The molecule has 1 aromatic heterocycles. The van der Waals surface area contributed by atoms with Gasteiger partial charge in [0.2, 0.25) is 11.4 Å². The molecule has 0 radical (unpaired) electrons. The van der Waals surface area contributed by atoms with Gasteiger partial charge in [-0.3, -0.25) is 19.3 Å². The van der Waals surface area contributed by atoms with Crippen molar-refractivity contribution in [3.05, 3.63) is 24.2 Å². The van der Waals surface area contributed by atoms with Gasteiger partial charge in [0.05, 0.1) is 24.4 Å². The van der Waals surface area contributed by atoms with E-state index in [0.29, 0.717) is 18.4 Å². The van der Waals surface area contributed by atoms with E-state index in [-0.39, 0.29) is 19.4 Å². The lowest BCUT2D eigenvalue weighted by Gasteiger charge is -2.71. The Kier molecular flexibility index (Phi) is 5.60. The average Bonchev–Trinajstić information content (AvgIpc) is 3.59. The number of fused-ring (bicyclic) bond motifs is 1. The minimum atomic E-state index is -2.39. The second kappa shape index (κ2) is 8.38. The third kappa shape index (κ3) is 3.02. The van der Waals surface area contributed by atoms with Gasteiger partial charge in [-0.2, -0.15) is 4.89 Å². The standard InChI is InChI=1S/C30H36O13/c1-15(31)39-23-24(3,4)19-10-20(33)38-14-26(19)18-6-8-25(5)22(17-7-9-37-12-17)40-21(34)11-29(25,35)27(18)13-28(23,30(26,36)42-27)43-41-16(2)32/h7,9,12,18-19,22-23,35-36H,6,8,10-11,13-14H2,1-5H3/t18-,19+,22+,23+,25+,26-,27-,28-,29+,30?/m1/s1. The summed E-state index contributed by atoms with van der Waals surface area (Å²) in [6, 6.07) is 1.66. The van der Waals surface area contributed by atoms with Crippen molar-refractivity contribution >= 4 is 23.9 Å². The maximum atomic E-state index is 13.3. The molecule has 10 atom stereocenters. The van der Waals surface area contributed by atoms with E-state index in [1.807, 2.05) is 0 Å². The van der Waals surface area contributed by atoms with Gasteiger partial charge in [0.15, 0.2) is 0 Å². The van der Waals surface area contributed by atoms with Gasteiger partial charge in [-0.25, -0.2) is 4.79 Å². The zero-order chi connectivity index (χ0) is 31.0. The number of rotatable bonds is 4. The third-order valence-electron chi connectivity index (χ3n) is 12.0. The number of esters is 3. The molecule has 2 spiro atoms. The van der Waals surface area contributed by atoms with Crippen LogP contribution in [0.5, 0.6) is 0 Å². The van der Waals surface area contributed by atoms with Crippen molar-refractivity contribution in [2.24, 2.45) is 28.1 Å². The highest BCUT2D eigenvalue weighted by atomic mass is 17.2. The van der Waals surface area contributed by atoms with Gasteiger partial charge in [0.25, 0.3) is 0 Å². The highest BCUT2D eigenvalue weighted by Crippen LogP contribution is 2.84. The minimum Gasteiger partial charge on any atom is -0.472 e. The van der Waals surface area contributed by atoms with Crippen LogP contribution in [0.15, 0.2) is 23.0 Å². The van der Waals surface area contributed by atoms with Crippen LogP contribution in [0.25, 0.3) is 0 Å². The van der Waals surface area contributed by atoms with Crippen LogP contribution in [-0.4, -0.2) is 69.4 Å². The van der Waals surface area contributed by atoms with E-state index in [4.69, 9.17) is 33.1 Å². The van der Waals surface area contributed by atoms with Crippen LogP contribution in [0.2, 0.25) is 0 Å². The molecule has 2 bridgehead atoms. The lowest BCUT2D eigenvalue weighted by Crippen LogP contribution is -2.84. The monoisotopic (exact) mass is 604 g/mol. The Balaban J connectivity index is 1.50. The third-order valence-corrected chi connectivity index (χ3v) is 12.0. The summed E-state index contributed by atoms with van der Waals surface area (Å²) in [7, 11) is 0. The molecule has 0 aromatic carbocycles. The van der Waals surface area contributed by atoms with E-state index in [0.717, 1.165) is 6.92 Å². The average molecular weight is 605 g/mol. The first kappa shape index (κ1) is 28.8. The molecule has 7 rings (SSSR count). The first-order chi connectivity index (χ1) is 20.0. The molecule has 43 heavy (non-hydrogen) atoms. The SMILES string of the molecule is CC(=O)OO[C@@]12C[C@@]34OC1(O)[C@]1(COC(=O)C[C@H]1C(C)(C)[C@@H]2OC(C)=O)[C@H]3CC[C@@]1(C)[C@H](c2ccoc2)OC(=O)C[C@]14O. The summed E-state index contributed by atoms with van der Waals surface area (Å²) in [5.74, 6) is -6.46. The number of hydrogen-bond donors (Lipinski definition) is 2. The van der Waals surface area contributed by atoms with Crippen LogP contribution in [0.1, 0.15) is 78.4 Å². The maximum Gasteiger partial charge on any atom is 0.339 e. The molecule has 2 N–H and O–H groups in total. The van der Waals surface area contributed by atoms with Gasteiger partial charge in [-0.1, -0.05) is 20.8 Å². The van der Waals surface area contributed by atoms with Gasteiger partial charge in [-0.05, 0) is 24.8 Å². The van der Waals surface area contributed by atoms with E-state index >= 15 is 0 Å². The van der Waals surface area contributed by atoms with Gasteiger partial charge < -0.3 is 33.6 Å². The second-order valence-corrected chi connectivity index (χ2v) is 14.1.